The number of ketones is 2. The molecule has 2 aliphatic heterocycles. The Kier molecular flexibility index (Phi) is 5.49. The third-order valence-corrected chi connectivity index (χ3v) is 8.04. The Morgan fingerprint density at radius 2 is 1.23 bits per heavy atom. The van der Waals surface area contributed by atoms with Gasteiger partial charge in [0.05, 0.1) is 23.6 Å². The van der Waals surface area contributed by atoms with Crippen LogP contribution < -0.4 is 9.64 Å². The lowest BCUT2D eigenvalue weighted by Crippen LogP contribution is -2.51. The molecule has 4 aromatic rings. The molecule has 1 spiro atoms. The van der Waals surface area contributed by atoms with Crippen LogP contribution in [0, 0.1) is 11.8 Å². The van der Waals surface area contributed by atoms with Gasteiger partial charge in [0.1, 0.15) is 11.5 Å². The van der Waals surface area contributed by atoms with Gasteiger partial charge in [-0.3, -0.25) is 19.2 Å². The first kappa shape index (κ1) is 24.5. The molecule has 7 nitrogen and oxygen atoms in total. The maximum Gasteiger partial charge on any atom is 0.241 e. The number of amides is 2. The van der Waals surface area contributed by atoms with Crippen LogP contribution in [0.15, 0.2) is 103 Å². The van der Waals surface area contributed by atoms with Crippen molar-refractivity contribution in [3.63, 3.8) is 0 Å². The summed E-state index contributed by atoms with van der Waals surface area (Å²) >= 11 is 5.94. The monoisotopic (exact) mass is 549 g/mol. The van der Waals surface area contributed by atoms with Crippen LogP contribution in [0.5, 0.6) is 11.5 Å². The van der Waals surface area contributed by atoms with E-state index in [1.807, 2.05) is 6.07 Å². The standard InChI is InChI=1S/C32H20ClNO6/c33-19-10-14-21(15-11-19)39-22-16-12-20(13-17-22)34-30(37)25-26(31(34)38)32(40-27(25)18-6-2-1-3-7-18)28(35)23-8-4-5-9-24(23)29(32)36/h1-17,25-27H/t25-,26+,27-/m1/s1. The van der Waals surface area contributed by atoms with E-state index in [1.165, 1.54) is 0 Å². The zero-order valence-electron chi connectivity index (χ0n) is 20.8. The van der Waals surface area contributed by atoms with Crippen LogP contribution in [0.2, 0.25) is 5.02 Å². The number of carbonyl (C=O) groups excluding carboxylic acids is 4. The highest BCUT2D eigenvalue weighted by molar-refractivity contribution is 6.37. The quantitative estimate of drug-likeness (QED) is 0.235. The molecule has 2 saturated heterocycles. The van der Waals surface area contributed by atoms with Gasteiger partial charge in [-0.25, -0.2) is 4.90 Å². The Labute approximate surface area is 233 Å². The Hall–Kier alpha value is -4.59. The minimum absolute atomic E-state index is 0.197. The van der Waals surface area contributed by atoms with E-state index in [9.17, 15) is 19.2 Å². The molecular weight excluding hydrogens is 530 g/mol. The maximum absolute atomic E-state index is 14.1. The van der Waals surface area contributed by atoms with E-state index in [1.54, 1.807) is 97.1 Å². The van der Waals surface area contributed by atoms with Gasteiger partial charge in [-0.15, -0.1) is 0 Å². The van der Waals surface area contributed by atoms with E-state index in [0.29, 0.717) is 27.8 Å². The van der Waals surface area contributed by atoms with Gasteiger partial charge in [-0.05, 0) is 54.1 Å². The number of imide groups is 1. The van der Waals surface area contributed by atoms with Crippen molar-refractivity contribution in [3.8, 4) is 11.5 Å². The minimum atomic E-state index is -2.10. The number of anilines is 1. The number of fused-ring (bicyclic) bond motifs is 3. The van der Waals surface area contributed by atoms with Crippen LogP contribution in [0.1, 0.15) is 32.4 Å². The molecule has 7 rings (SSSR count). The number of ether oxygens (including phenoxy) is 2. The predicted molar refractivity (Wildman–Crippen MR) is 146 cm³/mol. The van der Waals surface area contributed by atoms with E-state index in [-0.39, 0.29) is 11.1 Å². The largest absolute Gasteiger partial charge is 0.457 e. The average molecular weight is 550 g/mol. The third kappa shape index (κ3) is 3.41. The van der Waals surface area contributed by atoms with E-state index >= 15 is 0 Å². The summed E-state index contributed by atoms with van der Waals surface area (Å²) in [7, 11) is 0. The van der Waals surface area contributed by atoms with E-state index < -0.39 is 46.9 Å². The number of Topliss-reactive ketones (excluding diaryl/α,β-unsaturated/α-hetero) is 2. The first-order valence-electron chi connectivity index (χ1n) is 12.7. The number of halogens is 1. The van der Waals surface area contributed by atoms with Gasteiger partial charge in [0.15, 0.2) is 0 Å². The zero-order chi connectivity index (χ0) is 27.6. The number of hydrogen-bond acceptors (Lipinski definition) is 6. The van der Waals surface area contributed by atoms with E-state index in [4.69, 9.17) is 21.1 Å². The second-order valence-corrected chi connectivity index (χ2v) is 10.4. The zero-order valence-corrected chi connectivity index (χ0v) is 21.6. The van der Waals surface area contributed by atoms with Crippen molar-refractivity contribution in [1.29, 1.82) is 0 Å². The Balaban J connectivity index is 1.28. The first-order valence-corrected chi connectivity index (χ1v) is 13.1. The molecule has 40 heavy (non-hydrogen) atoms. The van der Waals surface area contributed by atoms with Crippen molar-refractivity contribution in [2.45, 2.75) is 11.7 Å². The lowest BCUT2D eigenvalue weighted by atomic mass is 9.77. The molecule has 3 atom stereocenters. The summed E-state index contributed by atoms with van der Waals surface area (Å²) in [6.07, 6.45) is -0.956. The van der Waals surface area contributed by atoms with E-state index in [2.05, 4.69) is 0 Å². The van der Waals surface area contributed by atoms with Gasteiger partial charge in [-0.1, -0.05) is 66.2 Å². The van der Waals surface area contributed by atoms with Crippen LogP contribution in [0.4, 0.5) is 5.69 Å². The Morgan fingerprint density at radius 1 is 0.675 bits per heavy atom. The molecule has 4 aromatic carbocycles. The highest BCUT2D eigenvalue weighted by Crippen LogP contribution is 2.57. The fourth-order valence-corrected chi connectivity index (χ4v) is 6.14. The van der Waals surface area contributed by atoms with Crippen molar-refractivity contribution < 1.29 is 28.7 Å². The summed E-state index contributed by atoms with van der Waals surface area (Å²) in [5.74, 6) is -3.64. The van der Waals surface area contributed by atoms with Crippen LogP contribution >= 0.6 is 11.6 Å². The number of nitrogens with zero attached hydrogens (tertiary/aromatic N) is 1. The third-order valence-electron chi connectivity index (χ3n) is 7.79. The van der Waals surface area contributed by atoms with Crippen molar-refractivity contribution in [1.82, 2.24) is 0 Å². The molecule has 196 valence electrons. The van der Waals surface area contributed by atoms with Gasteiger partial charge in [-0.2, -0.15) is 0 Å². The lowest BCUT2D eigenvalue weighted by Gasteiger charge is -2.27. The Bertz CT molecular complexity index is 1660. The summed E-state index contributed by atoms with van der Waals surface area (Å²) in [5, 5.41) is 0.581. The maximum atomic E-state index is 14.1. The Morgan fingerprint density at radius 3 is 1.82 bits per heavy atom. The molecule has 0 bridgehead atoms. The fraction of sp³-hybridized carbons (Fsp3) is 0.125. The van der Waals surface area contributed by atoms with Crippen LogP contribution in [0.3, 0.4) is 0 Å². The van der Waals surface area contributed by atoms with Gasteiger partial charge < -0.3 is 9.47 Å². The summed E-state index contributed by atoms with van der Waals surface area (Å²) in [6, 6.07) is 28.7. The summed E-state index contributed by atoms with van der Waals surface area (Å²) in [5.41, 5.74) is -0.788. The predicted octanol–water partition coefficient (Wildman–Crippen LogP) is 5.83. The lowest BCUT2D eigenvalue weighted by molar-refractivity contribution is -0.127. The SMILES string of the molecule is O=C1[C@H]2[C@@H](c3ccccc3)OC3(C(=O)c4ccccc4C3=O)[C@@H]2C(=O)N1c1ccc(Oc2ccc(Cl)cc2)cc1. The summed E-state index contributed by atoms with van der Waals surface area (Å²) in [6.45, 7) is 0. The normalized spacial score (nSPS) is 22.6. The molecule has 2 fully saturated rings. The van der Waals surface area contributed by atoms with Gasteiger partial charge in [0.25, 0.3) is 0 Å². The van der Waals surface area contributed by atoms with Crippen LogP contribution in [-0.4, -0.2) is 29.0 Å². The van der Waals surface area contributed by atoms with Gasteiger partial charge in [0.2, 0.25) is 29.0 Å². The topological polar surface area (TPSA) is 90.0 Å². The highest BCUT2D eigenvalue weighted by Gasteiger charge is 2.74. The molecule has 8 heteroatoms. The molecule has 0 saturated carbocycles. The van der Waals surface area contributed by atoms with Crippen molar-refractivity contribution in [2.75, 3.05) is 4.90 Å². The van der Waals surface area contributed by atoms with E-state index in [0.717, 1.165) is 4.90 Å². The van der Waals surface area contributed by atoms with Crippen molar-refractivity contribution >= 4 is 40.7 Å². The number of rotatable bonds is 4. The van der Waals surface area contributed by atoms with Gasteiger partial charge >= 0.3 is 0 Å². The van der Waals surface area contributed by atoms with Crippen molar-refractivity contribution in [3.05, 3.63) is 125 Å². The second kappa shape index (κ2) is 8.98. The second-order valence-electron chi connectivity index (χ2n) is 9.95. The molecule has 0 radical (unpaired) electrons. The van der Waals surface area contributed by atoms with Gasteiger partial charge in [0, 0.05) is 16.1 Å². The first-order chi connectivity index (χ1) is 19.4. The molecule has 2 amide bonds. The molecule has 2 heterocycles. The average Bonchev–Trinajstić information content (AvgIpc) is 3.55. The fourth-order valence-electron chi connectivity index (χ4n) is 6.02. The molecule has 0 unspecified atom stereocenters. The molecule has 0 aromatic heterocycles. The minimum Gasteiger partial charge on any atom is -0.457 e. The summed E-state index contributed by atoms with van der Waals surface area (Å²) in [4.78, 5) is 56.8. The van der Waals surface area contributed by atoms with Crippen LogP contribution in [-0.2, 0) is 14.3 Å². The number of carbonyl (C=O) groups is 4. The van der Waals surface area contributed by atoms with Crippen LogP contribution in [0.25, 0.3) is 0 Å². The molecular formula is C32H20ClNO6. The summed E-state index contributed by atoms with van der Waals surface area (Å²) < 4.78 is 12.1. The molecule has 3 aliphatic rings. The molecule has 0 N–H and O–H groups in total. The number of hydrogen-bond donors (Lipinski definition) is 0. The smallest absolute Gasteiger partial charge is 0.241 e. The number of benzene rings is 4. The van der Waals surface area contributed by atoms with Crippen molar-refractivity contribution in [2.24, 2.45) is 11.8 Å². The molecule has 1 aliphatic carbocycles. The highest BCUT2D eigenvalue weighted by atomic mass is 35.5.